The maximum atomic E-state index is 14.0. The predicted octanol–water partition coefficient (Wildman–Crippen LogP) is 2.37. The second kappa shape index (κ2) is 7.80. The van der Waals surface area contributed by atoms with Crippen LogP contribution in [0.1, 0.15) is 37.7 Å². The van der Waals surface area contributed by atoms with Crippen LogP contribution in [0, 0.1) is 23.2 Å². The molecule has 1 amide bonds. The van der Waals surface area contributed by atoms with E-state index >= 15 is 0 Å². The Morgan fingerprint density at radius 1 is 1.10 bits per heavy atom. The van der Waals surface area contributed by atoms with Gasteiger partial charge in [-0.2, -0.15) is 0 Å². The monoisotopic (exact) mass is 420 g/mol. The summed E-state index contributed by atoms with van der Waals surface area (Å²) in [5.41, 5.74) is 4.09. The van der Waals surface area contributed by atoms with E-state index < -0.39 is 29.8 Å². The largest absolute Gasteiger partial charge is 0.375 e. The van der Waals surface area contributed by atoms with Gasteiger partial charge in [-0.15, -0.1) is 0 Å². The van der Waals surface area contributed by atoms with Crippen molar-refractivity contribution < 1.29 is 18.7 Å². The highest BCUT2D eigenvalue weighted by atomic mass is 19.3. The van der Waals surface area contributed by atoms with Gasteiger partial charge in [-0.05, 0) is 36.7 Å². The van der Waals surface area contributed by atoms with Gasteiger partial charge in [0.2, 0.25) is 5.92 Å². The smallest absolute Gasteiger partial charge is 0.259 e. The van der Waals surface area contributed by atoms with E-state index in [0.717, 1.165) is 12.8 Å². The summed E-state index contributed by atoms with van der Waals surface area (Å²) in [5.74, 6) is -3.50. The SMILES string of the molecule is N=C(N)N1CC[C@@H]2CN(C(=O)[C@](O)(c3ccccc3)[C@@H]3CCC(F)(F)C3)C[C@@H]2CC1. The minimum atomic E-state index is -2.85. The zero-order valence-electron chi connectivity index (χ0n) is 17.1. The molecule has 8 heteroatoms. The average Bonchev–Trinajstić information content (AvgIpc) is 3.24. The van der Waals surface area contributed by atoms with Gasteiger partial charge in [-0.1, -0.05) is 30.3 Å². The van der Waals surface area contributed by atoms with E-state index in [4.69, 9.17) is 11.1 Å². The third-order valence-electron chi connectivity index (χ3n) is 7.28. The van der Waals surface area contributed by atoms with Gasteiger partial charge >= 0.3 is 0 Å². The molecule has 1 aliphatic carbocycles. The maximum absolute atomic E-state index is 14.0. The molecule has 0 aromatic heterocycles. The molecule has 4 atom stereocenters. The minimum Gasteiger partial charge on any atom is -0.375 e. The molecular formula is C22H30F2N4O2. The second-order valence-electron chi connectivity index (χ2n) is 9.11. The summed E-state index contributed by atoms with van der Waals surface area (Å²) in [4.78, 5) is 17.2. The Labute approximate surface area is 175 Å². The summed E-state index contributed by atoms with van der Waals surface area (Å²) < 4.78 is 28.0. The number of aliphatic hydroxyl groups is 1. The highest BCUT2D eigenvalue weighted by Crippen LogP contribution is 2.48. The van der Waals surface area contributed by atoms with E-state index in [1.54, 1.807) is 35.2 Å². The van der Waals surface area contributed by atoms with Crippen molar-refractivity contribution in [3.63, 3.8) is 0 Å². The van der Waals surface area contributed by atoms with Crippen LogP contribution in [-0.4, -0.2) is 58.9 Å². The number of rotatable bonds is 3. The van der Waals surface area contributed by atoms with Crippen LogP contribution in [0.3, 0.4) is 0 Å². The van der Waals surface area contributed by atoms with Gasteiger partial charge in [-0.25, -0.2) is 8.78 Å². The number of nitrogens with one attached hydrogen (secondary N) is 1. The number of alkyl halides is 2. The molecule has 1 aromatic carbocycles. The number of nitrogens with two attached hydrogens (primary N) is 1. The first kappa shape index (κ1) is 21.0. The van der Waals surface area contributed by atoms with E-state index in [2.05, 4.69) is 0 Å². The summed E-state index contributed by atoms with van der Waals surface area (Å²) in [5, 5.41) is 19.3. The number of likely N-dealkylation sites (tertiary alicyclic amines) is 2. The molecule has 3 aliphatic rings. The number of carbonyl (C=O) groups excluding carboxylic acids is 1. The molecule has 2 heterocycles. The molecule has 2 aliphatic heterocycles. The fourth-order valence-electron chi connectivity index (χ4n) is 5.53. The average molecular weight is 421 g/mol. The van der Waals surface area contributed by atoms with Crippen LogP contribution in [0.25, 0.3) is 0 Å². The van der Waals surface area contributed by atoms with Gasteiger partial charge in [-0.3, -0.25) is 10.2 Å². The van der Waals surface area contributed by atoms with E-state index in [1.165, 1.54) is 0 Å². The molecule has 2 saturated heterocycles. The van der Waals surface area contributed by atoms with Crippen molar-refractivity contribution in [2.75, 3.05) is 26.2 Å². The molecule has 4 rings (SSSR count). The first-order chi connectivity index (χ1) is 14.2. The Kier molecular flexibility index (Phi) is 5.46. The van der Waals surface area contributed by atoms with E-state index in [9.17, 15) is 18.7 Å². The quantitative estimate of drug-likeness (QED) is 0.517. The van der Waals surface area contributed by atoms with E-state index in [1.807, 2.05) is 4.90 Å². The molecule has 4 N–H and O–H groups in total. The molecule has 30 heavy (non-hydrogen) atoms. The molecular weight excluding hydrogens is 390 g/mol. The lowest BCUT2D eigenvalue weighted by atomic mass is 9.79. The number of hydrogen-bond acceptors (Lipinski definition) is 3. The topological polar surface area (TPSA) is 93.7 Å². The predicted molar refractivity (Wildman–Crippen MR) is 109 cm³/mol. The number of halogens is 2. The molecule has 0 unspecified atom stereocenters. The van der Waals surface area contributed by atoms with Gasteiger partial charge in [0, 0.05) is 44.9 Å². The lowest BCUT2D eigenvalue weighted by Gasteiger charge is -2.36. The van der Waals surface area contributed by atoms with Gasteiger partial charge in [0.15, 0.2) is 11.6 Å². The Morgan fingerprint density at radius 3 is 2.20 bits per heavy atom. The van der Waals surface area contributed by atoms with Crippen molar-refractivity contribution in [2.45, 2.75) is 43.6 Å². The zero-order valence-corrected chi connectivity index (χ0v) is 17.1. The Hall–Kier alpha value is -2.22. The van der Waals surface area contributed by atoms with Gasteiger partial charge < -0.3 is 20.6 Å². The Morgan fingerprint density at radius 2 is 1.70 bits per heavy atom. The fourth-order valence-corrected chi connectivity index (χ4v) is 5.53. The first-order valence-electron chi connectivity index (χ1n) is 10.7. The molecule has 0 bridgehead atoms. The number of guanidine groups is 1. The van der Waals surface area contributed by atoms with Crippen molar-refractivity contribution >= 4 is 11.9 Å². The van der Waals surface area contributed by atoms with Crippen molar-refractivity contribution in [1.29, 1.82) is 5.41 Å². The fraction of sp³-hybridized carbons (Fsp3) is 0.636. The van der Waals surface area contributed by atoms with Crippen LogP contribution < -0.4 is 5.73 Å². The van der Waals surface area contributed by atoms with Crippen LogP contribution in [-0.2, 0) is 10.4 Å². The van der Waals surface area contributed by atoms with Crippen LogP contribution in [0.15, 0.2) is 30.3 Å². The molecule has 164 valence electrons. The first-order valence-corrected chi connectivity index (χ1v) is 10.7. The summed E-state index contributed by atoms with van der Waals surface area (Å²) in [6.45, 7) is 2.37. The molecule has 0 radical (unpaired) electrons. The Bertz CT molecular complexity index is 790. The van der Waals surface area contributed by atoms with Crippen LogP contribution >= 0.6 is 0 Å². The summed E-state index contributed by atoms with van der Waals surface area (Å²) in [6, 6.07) is 8.56. The number of amides is 1. The third kappa shape index (κ3) is 3.77. The molecule has 1 saturated carbocycles. The lowest BCUT2D eigenvalue weighted by molar-refractivity contribution is -0.159. The van der Waals surface area contributed by atoms with E-state index in [0.29, 0.717) is 31.7 Å². The highest BCUT2D eigenvalue weighted by molar-refractivity contribution is 5.87. The summed E-state index contributed by atoms with van der Waals surface area (Å²) in [6.07, 6.45) is 0.988. The maximum Gasteiger partial charge on any atom is 0.259 e. The molecule has 3 fully saturated rings. The van der Waals surface area contributed by atoms with Crippen molar-refractivity contribution in [3.8, 4) is 0 Å². The second-order valence-corrected chi connectivity index (χ2v) is 9.11. The molecule has 1 aromatic rings. The number of carbonyl (C=O) groups is 1. The summed E-state index contributed by atoms with van der Waals surface area (Å²) in [7, 11) is 0. The number of benzene rings is 1. The minimum absolute atomic E-state index is 0.0727. The lowest BCUT2D eigenvalue weighted by Crippen LogP contribution is -2.50. The van der Waals surface area contributed by atoms with Crippen LogP contribution in [0.2, 0.25) is 0 Å². The highest BCUT2D eigenvalue weighted by Gasteiger charge is 2.55. The standard InChI is InChI=1S/C22H30F2N4O2/c23-21(24)9-6-18(12-21)22(30,17-4-2-1-3-5-17)19(29)28-13-15-7-10-27(20(25)26)11-8-16(15)14-28/h1-5,15-16,18,30H,6-14H2,(H3,25,26)/t15-,16+,18-,22+/m1/s1. The van der Waals surface area contributed by atoms with Crippen molar-refractivity contribution in [3.05, 3.63) is 35.9 Å². The number of fused-ring (bicyclic) bond motifs is 1. The number of nitrogens with zero attached hydrogens (tertiary/aromatic N) is 2. The molecule has 6 nitrogen and oxygen atoms in total. The molecule has 0 spiro atoms. The normalized spacial score (nSPS) is 30.4. The summed E-state index contributed by atoms with van der Waals surface area (Å²) >= 11 is 0. The van der Waals surface area contributed by atoms with E-state index in [-0.39, 0.29) is 30.6 Å². The van der Waals surface area contributed by atoms with Crippen molar-refractivity contribution in [2.24, 2.45) is 23.5 Å². The van der Waals surface area contributed by atoms with Crippen LogP contribution in [0.5, 0.6) is 0 Å². The van der Waals surface area contributed by atoms with Crippen molar-refractivity contribution in [1.82, 2.24) is 9.80 Å². The zero-order chi connectivity index (χ0) is 21.5. The van der Waals surface area contributed by atoms with Gasteiger partial charge in [0.25, 0.3) is 5.91 Å². The van der Waals surface area contributed by atoms with Crippen LogP contribution in [0.4, 0.5) is 8.78 Å². The number of hydrogen-bond donors (Lipinski definition) is 3. The van der Waals surface area contributed by atoms with Gasteiger partial charge in [0.1, 0.15) is 0 Å². The Balaban J connectivity index is 1.56. The third-order valence-corrected chi connectivity index (χ3v) is 7.28. The van der Waals surface area contributed by atoms with Gasteiger partial charge in [0.05, 0.1) is 0 Å².